The summed E-state index contributed by atoms with van der Waals surface area (Å²) < 4.78 is 48.4. The number of aliphatic hydroxyl groups is 1. The zero-order chi connectivity index (χ0) is 26.8. The third-order valence-corrected chi connectivity index (χ3v) is 8.04. The standard InChI is InChI=1S/C22H30FN4O8P/c1-13(2)27(14(3)19(29)30)36(32,35-15-8-6-5-7-9-15)33-12-16-18(28)22(4,23)20(34-16)26-11-10-17(24)25-21(26)31/h5-11,13-14,16,18,20,28H,12H2,1-4H3,(H,29,30)(H2,24,25,31)/t14-,16+,18+,20+,22+,36?/m0/s1. The van der Waals surface area contributed by atoms with Crippen molar-refractivity contribution >= 4 is 19.5 Å². The summed E-state index contributed by atoms with van der Waals surface area (Å²) in [5.74, 6) is -1.20. The van der Waals surface area contributed by atoms with Crippen LogP contribution in [0.3, 0.4) is 0 Å². The summed E-state index contributed by atoms with van der Waals surface area (Å²) in [6.45, 7) is 4.94. The molecular formula is C22H30FN4O8P. The first-order valence-electron chi connectivity index (χ1n) is 11.2. The fourth-order valence-electron chi connectivity index (χ4n) is 3.93. The SMILES string of the molecule is CC(C)N([C@@H](C)C(=O)O)P(=O)(OC[C@H]1O[C@@H](n2ccc(N)nc2=O)[C@](C)(F)[C@@H]1O)Oc1ccccc1. The Hall–Kier alpha value is -2.83. The van der Waals surface area contributed by atoms with Gasteiger partial charge in [0.05, 0.1) is 6.61 Å². The molecule has 0 spiro atoms. The number of hydrogen-bond donors (Lipinski definition) is 3. The van der Waals surface area contributed by atoms with Crippen molar-refractivity contribution in [3.8, 4) is 5.75 Å². The smallest absolute Gasteiger partial charge is 0.462 e. The molecule has 0 aliphatic carbocycles. The van der Waals surface area contributed by atoms with Crippen LogP contribution in [0.25, 0.3) is 0 Å². The Morgan fingerprint density at radius 1 is 1.33 bits per heavy atom. The van der Waals surface area contributed by atoms with E-state index in [4.69, 9.17) is 19.5 Å². The van der Waals surface area contributed by atoms with E-state index in [1.807, 2.05) is 0 Å². The molecule has 1 aliphatic heterocycles. The lowest BCUT2D eigenvalue weighted by Crippen LogP contribution is -2.44. The van der Waals surface area contributed by atoms with Crippen LogP contribution in [0.15, 0.2) is 47.4 Å². The number of benzene rings is 1. The van der Waals surface area contributed by atoms with Crippen molar-refractivity contribution in [2.75, 3.05) is 12.3 Å². The molecule has 1 fully saturated rings. The van der Waals surface area contributed by atoms with Crippen LogP contribution in [0.5, 0.6) is 5.75 Å². The van der Waals surface area contributed by atoms with Gasteiger partial charge in [-0.3, -0.25) is 13.9 Å². The molecule has 198 valence electrons. The number of para-hydroxylation sites is 1. The van der Waals surface area contributed by atoms with E-state index in [0.29, 0.717) is 0 Å². The van der Waals surface area contributed by atoms with Gasteiger partial charge in [-0.2, -0.15) is 9.65 Å². The van der Waals surface area contributed by atoms with Crippen molar-refractivity contribution in [1.29, 1.82) is 0 Å². The Morgan fingerprint density at radius 3 is 2.53 bits per heavy atom. The number of rotatable bonds is 10. The third-order valence-electron chi connectivity index (χ3n) is 5.75. The number of hydrogen-bond acceptors (Lipinski definition) is 9. The van der Waals surface area contributed by atoms with Crippen LogP contribution >= 0.6 is 7.75 Å². The van der Waals surface area contributed by atoms with Crippen LogP contribution in [0.4, 0.5) is 10.2 Å². The maximum Gasteiger partial charge on any atom is 0.462 e. The van der Waals surface area contributed by atoms with E-state index in [1.165, 1.54) is 31.3 Å². The van der Waals surface area contributed by atoms with Crippen LogP contribution in [0.2, 0.25) is 0 Å². The van der Waals surface area contributed by atoms with Crippen LogP contribution < -0.4 is 15.9 Å². The van der Waals surface area contributed by atoms with Gasteiger partial charge in [0.25, 0.3) is 0 Å². The molecule has 1 aromatic carbocycles. The third kappa shape index (κ3) is 5.60. The van der Waals surface area contributed by atoms with Gasteiger partial charge in [0, 0.05) is 12.2 Å². The summed E-state index contributed by atoms with van der Waals surface area (Å²) in [6.07, 6.45) is -3.60. The zero-order valence-electron chi connectivity index (χ0n) is 20.2. The largest absolute Gasteiger partial charge is 0.480 e. The number of aliphatic carboxylic acids is 1. The highest BCUT2D eigenvalue weighted by atomic mass is 31.2. The predicted octanol–water partition coefficient (Wildman–Crippen LogP) is 2.20. The summed E-state index contributed by atoms with van der Waals surface area (Å²) in [4.78, 5) is 27.5. The van der Waals surface area contributed by atoms with Crippen LogP contribution in [0, 0.1) is 0 Å². The average Bonchev–Trinajstić information content (AvgIpc) is 3.01. The van der Waals surface area contributed by atoms with Gasteiger partial charge in [0.1, 0.15) is 29.8 Å². The molecule has 1 saturated heterocycles. The number of carboxylic acids is 1. The van der Waals surface area contributed by atoms with E-state index in [1.54, 1.807) is 32.0 Å². The number of aliphatic hydroxyl groups excluding tert-OH is 1. The molecule has 3 rings (SSSR count). The number of alkyl halides is 1. The average molecular weight is 528 g/mol. The van der Waals surface area contributed by atoms with Crippen molar-refractivity contribution in [1.82, 2.24) is 14.2 Å². The number of halogens is 1. The van der Waals surface area contributed by atoms with Gasteiger partial charge >= 0.3 is 19.4 Å². The predicted molar refractivity (Wildman–Crippen MR) is 127 cm³/mol. The highest BCUT2D eigenvalue weighted by molar-refractivity contribution is 7.51. The zero-order valence-corrected chi connectivity index (χ0v) is 21.1. The van der Waals surface area contributed by atoms with Crippen molar-refractivity contribution < 1.29 is 37.7 Å². The molecule has 1 aliphatic rings. The summed E-state index contributed by atoms with van der Waals surface area (Å²) in [5, 5.41) is 20.2. The Balaban J connectivity index is 1.91. The number of ether oxygens (including phenoxy) is 1. The first-order valence-corrected chi connectivity index (χ1v) is 12.7. The molecule has 1 unspecified atom stereocenters. The minimum atomic E-state index is -4.40. The van der Waals surface area contributed by atoms with E-state index < -0.39 is 62.2 Å². The first-order chi connectivity index (χ1) is 16.8. The molecule has 0 saturated carbocycles. The van der Waals surface area contributed by atoms with E-state index in [-0.39, 0.29) is 11.6 Å². The quantitative estimate of drug-likeness (QED) is 0.387. The first kappa shape index (κ1) is 27.8. The van der Waals surface area contributed by atoms with E-state index in [2.05, 4.69) is 4.98 Å². The Morgan fingerprint density at radius 2 is 1.97 bits per heavy atom. The van der Waals surface area contributed by atoms with Crippen LogP contribution in [-0.4, -0.2) is 67.0 Å². The summed E-state index contributed by atoms with van der Waals surface area (Å²) in [6, 6.07) is 7.35. The number of aromatic nitrogens is 2. The molecule has 4 N–H and O–H groups in total. The molecule has 2 aromatic rings. The lowest BCUT2D eigenvalue weighted by molar-refractivity contribution is -0.141. The van der Waals surface area contributed by atoms with Crippen molar-refractivity contribution in [3.05, 3.63) is 53.1 Å². The van der Waals surface area contributed by atoms with Gasteiger partial charge in [-0.1, -0.05) is 18.2 Å². The van der Waals surface area contributed by atoms with Crippen molar-refractivity contribution in [2.45, 2.75) is 63.9 Å². The molecule has 12 nitrogen and oxygen atoms in total. The number of nitrogen functional groups attached to an aromatic ring is 1. The molecule has 0 radical (unpaired) electrons. The van der Waals surface area contributed by atoms with Crippen LogP contribution in [-0.2, 0) is 18.6 Å². The second-order valence-corrected chi connectivity index (χ2v) is 10.7. The van der Waals surface area contributed by atoms with Crippen molar-refractivity contribution in [3.63, 3.8) is 0 Å². The maximum atomic E-state index is 15.5. The topological polar surface area (TPSA) is 166 Å². The fraction of sp³-hybridized carbons (Fsp3) is 0.500. The Kier molecular flexibility index (Phi) is 8.21. The molecule has 2 heterocycles. The molecule has 36 heavy (non-hydrogen) atoms. The minimum Gasteiger partial charge on any atom is -0.480 e. The van der Waals surface area contributed by atoms with E-state index in [0.717, 1.165) is 16.2 Å². The number of anilines is 1. The summed E-state index contributed by atoms with van der Waals surface area (Å²) >= 11 is 0. The molecule has 0 bridgehead atoms. The van der Waals surface area contributed by atoms with Crippen molar-refractivity contribution in [2.24, 2.45) is 0 Å². The van der Waals surface area contributed by atoms with Crippen LogP contribution in [0.1, 0.15) is 33.9 Å². The fourth-order valence-corrected chi connectivity index (χ4v) is 6.03. The number of carboxylic acid groups (broad SMARTS) is 1. The second-order valence-electron chi connectivity index (χ2n) is 8.82. The maximum absolute atomic E-state index is 15.5. The highest BCUT2D eigenvalue weighted by Crippen LogP contribution is 2.55. The molecule has 14 heteroatoms. The van der Waals surface area contributed by atoms with E-state index in [9.17, 15) is 24.4 Å². The lowest BCUT2D eigenvalue weighted by Gasteiger charge is -2.35. The summed E-state index contributed by atoms with van der Waals surface area (Å²) in [7, 11) is -4.40. The summed E-state index contributed by atoms with van der Waals surface area (Å²) in [5.41, 5.74) is 2.13. The Bertz CT molecular complexity index is 1180. The number of nitrogens with zero attached hydrogens (tertiary/aromatic N) is 3. The molecular weight excluding hydrogens is 498 g/mol. The van der Waals surface area contributed by atoms with Gasteiger partial charge in [-0.25, -0.2) is 13.8 Å². The molecule has 1 aromatic heterocycles. The molecule has 6 atom stereocenters. The Labute approximate surface area is 207 Å². The molecule has 0 amide bonds. The van der Waals surface area contributed by atoms with Gasteiger partial charge in [0.15, 0.2) is 11.9 Å². The van der Waals surface area contributed by atoms with Gasteiger partial charge in [0.2, 0.25) is 0 Å². The monoisotopic (exact) mass is 528 g/mol. The van der Waals surface area contributed by atoms with Gasteiger partial charge < -0.3 is 25.2 Å². The van der Waals surface area contributed by atoms with Gasteiger partial charge in [-0.15, -0.1) is 0 Å². The number of nitrogens with two attached hydrogens (primary N) is 1. The lowest BCUT2D eigenvalue weighted by atomic mass is 9.98. The second kappa shape index (κ2) is 10.7. The van der Waals surface area contributed by atoms with E-state index >= 15 is 4.39 Å². The minimum absolute atomic E-state index is 0.0735. The van der Waals surface area contributed by atoms with Gasteiger partial charge in [-0.05, 0) is 45.9 Å². The number of carbonyl (C=O) groups is 1. The highest BCUT2D eigenvalue weighted by Gasteiger charge is 2.56. The normalized spacial score (nSPS) is 26.6.